The lowest BCUT2D eigenvalue weighted by atomic mass is 9.82. The van der Waals surface area contributed by atoms with Gasteiger partial charge in [0.1, 0.15) is 11.6 Å². The standard InChI is InChI=1S/C42H51F3N6O5S/c1-25-16-34(17-26(2)49(25)24-33(52)20-29-7-5-6-28(18-29)19-30-10-13-37(53)48-38(30)54)56-15-14-27-8-11-31(12-9-27)51-40(57)50(39(55)41(51,3)4)32-21-35(42(43,44)45)36(22-46)47-23-32/h5-7,18,21,23,25-27,30-31,34H,8-17,19-20,24H2,1-4H3,(H,48,53,54)/t25-,26+,27?,30?,31?,34?. The van der Waals surface area contributed by atoms with Crippen LogP contribution in [0.1, 0.15) is 108 Å². The maximum absolute atomic E-state index is 13.7. The Labute approximate surface area is 337 Å². The molecule has 3 aliphatic heterocycles. The summed E-state index contributed by atoms with van der Waals surface area (Å²) in [4.78, 5) is 59.6. The molecule has 11 nitrogen and oxygen atoms in total. The van der Waals surface area contributed by atoms with Crippen LogP contribution in [0.3, 0.4) is 0 Å². The summed E-state index contributed by atoms with van der Waals surface area (Å²) in [7, 11) is 0. The molecule has 4 atom stereocenters. The Hall–Kier alpha value is -4.26. The van der Waals surface area contributed by atoms with E-state index in [4.69, 9.17) is 22.2 Å². The van der Waals surface area contributed by atoms with E-state index in [0.29, 0.717) is 44.8 Å². The van der Waals surface area contributed by atoms with Gasteiger partial charge < -0.3 is 9.64 Å². The second kappa shape index (κ2) is 17.3. The molecule has 0 radical (unpaired) electrons. The third-order valence-electron chi connectivity index (χ3n) is 12.3. The highest BCUT2D eigenvalue weighted by molar-refractivity contribution is 7.80. The number of ether oxygens (including phenoxy) is 1. The normalized spacial score (nSPS) is 27.1. The number of likely N-dealkylation sites (tertiary alicyclic amines) is 1. The zero-order chi connectivity index (χ0) is 41.2. The number of benzene rings is 1. The molecule has 0 bridgehead atoms. The number of anilines is 1. The third kappa shape index (κ3) is 9.56. The number of alkyl halides is 3. The molecule has 6 rings (SSSR count). The van der Waals surface area contributed by atoms with Crippen molar-refractivity contribution < 1.29 is 37.1 Å². The number of nitriles is 1. The molecular weight excluding hydrogens is 758 g/mol. The van der Waals surface area contributed by atoms with Gasteiger partial charge in [0.15, 0.2) is 16.6 Å². The molecule has 3 saturated heterocycles. The molecule has 3 amide bonds. The minimum Gasteiger partial charge on any atom is -0.378 e. The van der Waals surface area contributed by atoms with Crippen molar-refractivity contribution in [3.05, 3.63) is 58.9 Å². The number of aromatic nitrogens is 1. The molecule has 1 aromatic carbocycles. The second-order valence-electron chi connectivity index (χ2n) is 16.7. The average Bonchev–Trinajstić information content (AvgIpc) is 3.32. The number of carbonyl (C=O) groups excluding carboxylic acids is 4. The van der Waals surface area contributed by atoms with Crippen LogP contribution in [0.4, 0.5) is 18.9 Å². The Balaban J connectivity index is 0.943. The third-order valence-corrected chi connectivity index (χ3v) is 12.6. The van der Waals surface area contributed by atoms with Gasteiger partial charge in [-0.2, -0.15) is 18.4 Å². The highest BCUT2D eigenvalue weighted by Gasteiger charge is 2.53. The van der Waals surface area contributed by atoms with Crippen LogP contribution in [0.25, 0.3) is 0 Å². The van der Waals surface area contributed by atoms with E-state index in [1.807, 2.05) is 29.2 Å². The van der Waals surface area contributed by atoms with Gasteiger partial charge in [0, 0.05) is 43.5 Å². The van der Waals surface area contributed by atoms with Gasteiger partial charge in [-0.3, -0.25) is 34.3 Å². The zero-order valence-electron chi connectivity index (χ0n) is 32.9. The monoisotopic (exact) mass is 808 g/mol. The minimum absolute atomic E-state index is 0.0532. The number of piperidine rings is 2. The van der Waals surface area contributed by atoms with Crippen molar-refractivity contribution >= 4 is 46.5 Å². The van der Waals surface area contributed by atoms with Gasteiger partial charge in [0.05, 0.1) is 30.1 Å². The Morgan fingerprint density at radius 1 is 1.05 bits per heavy atom. The van der Waals surface area contributed by atoms with Crippen LogP contribution >= 0.6 is 12.2 Å². The molecule has 306 valence electrons. The van der Waals surface area contributed by atoms with E-state index in [1.54, 1.807) is 13.8 Å². The highest BCUT2D eigenvalue weighted by atomic mass is 32.1. The Morgan fingerprint density at radius 2 is 1.74 bits per heavy atom. The largest absolute Gasteiger partial charge is 0.419 e. The van der Waals surface area contributed by atoms with Gasteiger partial charge in [-0.05, 0) is 121 Å². The smallest absolute Gasteiger partial charge is 0.378 e. The van der Waals surface area contributed by atoms with Crippen LogP contribution in [0, 0.1) is 23.2 Å². The van der Waals surface area contributed by atoms with Crippen molar-refractivity contribution in [1.82, 2.24) is 20.1 Å². The van der Waals surface area contributed by atoms with E-state index in [0.717, 1.165) is 73.2 Å². The second-order valence-corrected chi connectivity index (χ2v) is 17.1. The predicted molar refractivity (Wildman–Crippen MR) is 210 cm³/mol. The number of nitrogens with zero attached hydrogens (tertiary/aromatic N) is 5. The van der Waals surface area contributed by atoms with Crippen LogP contribution in [0.15, 0.2) is 36.5 Å². The molecule has 57 heavy (non-hydrogen) atoms. The van der Waals surface area contributed by atoms with E-state index < -0.39 is 28.9 Å². The number of halogens is 3. The lowest BCUT2D eigenvalue weighted by Gasteiger charge is -2.42. The molecule has 4 heterocycles. The summed E-state index contributed by atoms with van der Waals surface area (Å²) in [6.07, 6.45) is 4.02. The number of imide groups is 1. The average molecular weight is 809 g/mol. The van der Waals surface area contributed by atoms with E-state index in [2.05, 4.69) is 29.0 Å². The highest BCUT2D eigenvalue weighted by Crippen LogP contribution is 2.41. The number of ketones is 1. The van der Waals surface area contributed by atoms with Crippen molar-refractivity contribution in [2.45, 2.75) is 134 Å². The van der Waals surface area contributed by atoms with Gasteiger partial charge in [0.2, 0.25) is 11.8 Å². The van der Waals surface area contributed by atoms with Gasteiger partial charge in [-0.1, -0.05) is 24.3 Å². The molecular formula is C42H51F3N6O5S. The fourth-order valence-electron chi connectivity index (χ4n) is 9.21. The summed E-state index contributed by atoms with van der Waals surface area (Å²) in [6, 6.07) is 10.4. The Bertz CT molecular complexity index is 1910. The first-order chi connectivity index (χ1) is 27.0. The first kappa shape index (κ1) is 42.3. The number of carbonyl (C=O) groups is 4. The number of pyridine rings is 1. The van der Waals surface area contributed by atoms with Crippen molar-refractivity contribution in [3.63, 3.8) is 0 Å². The minimum atomic E-state index is -4.82. The molecule has 1 saturated carbocycles. The summed E-state index contributed by atoms with van der Waals surface area (Å²) in [5.74, 6) is -0.567. The first-order valence-corrected chi connectivity index (χ1v) is 20.3. The van der Waals surface area contributed by atoms with Gasteiger partial charge in [-0.25, -0.2) is 4.98 Å². The summed E-state index contributed by atoms with van der Waals surface area (Å²) >= 11 is 5.73. The lowest BCUT2D eigenvalue weighted by molar-refractivity contribution is -0.138. The summed E-state index contributed by atoms with van der Waals surface area (Å²) in [5, 5.41) is 11.7. The van der Waals surface area contributed by atoms with Crippen LogP contribution in [-0.2, 0) is 42.9 Å². The van der Waals surface area contributed by atoms with Crippen molar-refractivity contribution in [3.8, 4) is 6.07 Å². The van der Waals surface area contributed by atoms with Gasteiger partial charge >= 0.3 is 6.18 Å². The summed E-state index contributed by atoms with van der Waals surface area (Å²) in [5.41, 5.74) is -1.24. The maximum atomic E-state index is 13.7. The molecule has 1 aromatic heterocycles. The quantitative estimate of drug-likeness (QED) is 0.192. The molecule has 4 aliphatic rings. The molecule has 1 N–H and O–H groups in total. The first-order valence-electron chi connectivity index (χ1n) is 19.9. The van der Waals surface area contributed by atoms with Crippen LogP contribution in [-0.4, -0.2) is 86.3 Å². The fourth-order valence-corrected chi connectivity index (χ4v) is 9.77. The molecule has 1 aliphatic carbocycles. The van der Waals surface area contributed by atoms with E-state index in [9.17, 15) is 32.3 Å². The number of amides is 3. The molecule has 15 heteroatoms. The van der Waals surface area contributed by atoms with E-state index in [-0.39, 0.29) is 58.5 Å². The van der Waals surface area contributed by atoms with E-state index >= 15 is 0 Å². The van der Waals surface area contributed by atoms with E-state index in [1.165, 1.54) is 6.07 Å². The molecule has 4 fully saturated rings. The van der Waals surface area contributed by atoms with Crippen molar-refractivity contribution in [2.75, 3.05) is 18.1 Å². The number of rotatable bonds is 12. The summed E-state index contributed by atoms with van der Waals surface area (Å²) < 4.78 is 47.5. The summed E-state index contributed by atoms with van der Waals surface area (Å²) in [6.45, 7) is 8.74. The number of nitrogens with one attached hydrogen (secondary N) is 1. The number of hydrogen-bond acceptors (Lipinski definition) is 9. The lowest BCUT2D eigenvalue weighted by Crippen LogP contribution is -2.51. The topological polar surface area (TPSA) is 136 Å². The van der Waals surface area contributed by atoms with Gasteiger partial charge in [-0.15, -0.1) is 0 Å². The zero-order valence-corrected chi connectivity index (χ0v) is 33.8. The van der Waals surface area contributed by atoms with Crippen molar-refractivity contribution in [1.29, 1.82) is 5.26 Å². The molecule has 2 aromatic rings. The Morgan fingerprint density at radius 3 is 2.39 bits per heavy atom. The van der Waals surface area contributed by atoms with Crippen LogP contribution in [0.5, 0.6) is 0 Å². The molecule has 2 unspecified atom stereocenters. The Kier molecular flexibility index (Phi) is 12.9. The van der Waals surface area contributed by atoms with Crippen LogP contribution in [0.2, 0.25) is 0 Å². The maximum Gasteiger partial charge on any atom is 0.419 e. The van der Waals surface area contributed by atoms with Crippen molar-refractivity contribution in [2.24, 2.45) is 11.8 Å². The fraction of sp³-hybridized carbons (Fsp3) is 0.595. The van der Waals surface area contributed by atoms with Gasteiger partial charge in [0.25, 0.3) is 5.91 Å². The number of Topliss-reactive ketones (excluding diaryl/α,β-unsaturated/α-hetero) is 1. The van der Waals surface area contributed by atoms with Crippen LogP contribution < -0.4 is 10.2 Å². The molecule has 0 spiro atoms. The SMILES string of the molecule is C[C@@H]1CC(OCCC2CCC(N3C(=S)N(c4cnc(C#N)c(C(F)(F)F)c4)C(=O)C3(C)C)CC2)C[C@H](C)N1CC(=O)Cc1cccc(CC2CCC(=O)NC2=O)c1. The predicted octanol–water partition coefficient (Wildman–Crippen LogP) is 6.30. The number of hydrogen-bond donors (Lipinski definition) is 1. The number of thiocarbonyl (C=S) groups is 1.